The van der Waals surface area contributed by atoms with Crippen LogP contribution in [-0.2, 0) is 4.79 Å². The first-order valence-electron chi connectivity index (χ1n) is 10.8. The summed E-state index contributed by atoms with van der Waals surface area (Å²) in [5, 5.41) is 12.2. The molecule has 3 aromatic rings. The average Bonchev–Trinajstić information content (AvgIpc) is 3.13. The molecule has 0 spiro atoms. The summed E-state index contributed by atoms with van der Waals surface area (Å²) >= 11 is 6.07. The first-order chi connectivity index (χ1) is 16.3. The number of nitrogens with zero attached hydrogens (tertiary/aromatic N) is 2. The predicted molar refractivity (Wildman–Crippen MR) is 135 cm³/mol. The van der Waals surface area contributed by atoms with Gasteiger partial charge in [0.15, 0.2) is 0 Å². The number of ether oxygens (including phenoxy) is 1. The van der Waals surface area contributed by atoms with Crippen LogP contribution in [0.4, 0.5) is 11.4 Å². The van der Waals surface area contributed by atoms with E-state index in [1.807, 2.05) is 43.3 Å². The van der Waals surface area contributed by atoms with E-state index in [4.69, 9.17) is 16.3 Å². The zero-order valence-electron chi connectivity index (χ0n) is 19.0. The normalized spacial score (nSPS) is 14.5. The van der Waals surface area contributed by atoms with Crippen LogP contribution < -0.4 is 9.64 Å². The quantitative estimate of drug-likeness (QED) is 0.225. The molecule has 1 aliphatic rings. The minimum absolute atomic E-state index is 0.0257. The van der Waals surface area contributed by atoms with Crippen LogP contribution >= 0.6 is 11.6 Å². The SMILES string of the molecule is CCOc1ccc(/C=C2\C=C(c3ccc(Cl)cc3)N(c3cc(C)c(C)c([N+](=O)[O-])c3)C2=O)cc1. The van der Waals surface area contributed by atoms with Crippen molar-refractivity contribution in [3.8, 4) is 5.75 Å². The molecule has 172 valence electrons. The molecule has 0 atom stereocenters. The Labute approximate surface area is 202 Å². The zero-order chi connectivity index (χ0) is 24.4. The van der Waals surface area contributed by atoms with Crippen LogP contribution in [0.25, 0.3) is 11.8 Å². The smallest absolute Gasteiger partial charge is 0.274 e. The summed E-state index contributed by atoms with van der Waals surface area (Å²) in [5.41, 5.74) is 4.42. The van der Waals surface area contributed by atoms with E-state index in [1.165, 1.54) is 11.0 Å². The van der Waals surface area contributed by atoms with E-state index in [0.717, 1.165) is 22.4 Å². The Hall–Kier alpha value is -3.90. The second-order valence-corrected chi connectivity index (χ2v) is 8.38. The Kier molecular flexibility index (Phi) is 6.52. The maximum atomic E-state index is 13.6. The fourth-order valence-corrected chi connectivity index (χ4v) is 3.98. The van der Waals surface area contributed by atoms with Gasteiger partial charge in [-0.15, -0.1) is 0 Å². The Balaban J connectivity index is 1.82. The molecular weight excluding hydrogens is 452 g/mol. The van der Waals surface area contributed by atoms with Crippen molar-refractivity contribution in [2.24, 2.45) is 0 Å². The molecule has 1 aliphatic heterocycles. The number of aryl methyl sites for hydroxylation is 1. The summed E-state index contributed by atoms with van der Waals surface area (Å²) in [6.45, 7) is 6.00. The number of nitro groups is 1. The number of hydrogen-bond acceptors (Lipinski definition) is 4. The molecule has 0 aliphatic carbocycles. The van der Waals surface area contributed by atoms with Gasteiger partial charge in [0.2, 0.25) is 0 Å². The van der Waals surface area contributed by atoms with Crippen LogP contribution in [0, 0.1) is 24.0 Å². The van der Waals surface area contributed by atoms with Crippen LogP contribution in [0.15, 0.2) is 72.3 Å². The van der Waals surface area contributed by atoms with Crippen molar-refractivity contribution in [2.75, 3.05) is 11.5 Å². The molecule has 3 aromatic carbocycles. The van der Waals surface area contributed by atoms with Crippen LogP contribution in [0.2, 0.25) is 5.02 Å². The molecule has 0 unspecified atom stereocenters. The molecule has 4 rings (SSSR count). The molecular formula is C27H23ClN2O4. The first kappa shape index (κ1) is 23.3. The van der Waals surface area contributed by atoms with E-state index in [0.29, 0.717) is 34.2 Å². The highest BCUT2D eigenvalue weighted by Crippen LogP contribution is 2.38. The lowest BCUT2D eigenvalue weighted by Crippen LogP contribution is -2.25. The molecule has 0 N–H and O–H groups in total. The molecule has 0 saturated carbocycles. The van der Waals surface area contributed by atoms with Crippen LogP contribution in [0.3, 0.4) is 0 Å². The number of amides is 1. The summed E-state index contributed by atoms with van der Waals surface area (Å²) in [5.74, 6) is 0.486. The maximum Gasteiger partial charge on any atom is 0.274 e. The fourth-order valence-electron chi connectivity index (χ4n) is 3.85. The third-order valence-corrected chi connectivity index (χ3v) is 5.97. The minimum Gasteiger partial charge on any atom is -0.494 e. The Morgan fingerprint density at radius 2 is 1.74 bits per heavy atom. The first-order valence-corrected chi connectivity index (χ1v) is 11.2. The van der Waals surface area contributed by atoms with E-state index in [2.05, 4.69) is 0 Å². The van der Waals surface area contributed by atoms with Crippen molar-refractivity contribution in [2.45, 2.75) is 20.8 Å². The number of rotatable bonds is 6. The van der Waals surface area contributed by atoms with Crippen molar-refractivity contribution in [3.63, 3.8) is 0 Å². The summed E-state index contributed by atoms with van der Waals surface area (Å²) in [6, 6.07) is 17.8. The summed E-state index contributed by atoms with van der Waals surface area (Å²) < 4.78 is 5.49. The molecule has 0 radical (unpaired) electrons. The van der Waals surface area contributed by atoms with Crippen molar-refractivity contribution >= 4 is 40.7 Å². The topological polar surface area (TPSA) is 72.7 Å². The van der Waals surface area contributed by atoms with Gasteiger partial charge in [-0.25, -0.2) is 0 Å². The van der Waals surface area contributed by atoms with Gasteiger partial charge in [-0.1, -0.05) is 35.9 Å². The summed E-state index contributed by atoms with van der Waals surface area (Å²) in [4.78, 5) is 26.3. The lowest BCUT2D eigenvalue weighted by atomic mass is 10.1. The van der Waals surface area contributed by atoms with Gasteiger partial charge < -0.3 is 4.74 Å². The van der Waals surface area contributed by atoms with Gasteiger partial charge in [0, 0.05) is 22.2 Å². The maximum absolute atomic E-state index is 13.6. The van der Waals surface area contributed by atoms with Crippen LogP contribution in [0.5, 0.6) is 5.75 Å². The Morgan fingerprint density at radius 1 is 1.06 bits per heavy atom. The van der Waals surface area contributed by atoms with E-state index >= 15 is 0 Å². The number of halogens is 1. The molecule has 0 fully saturated rings. The summed E-state index contributed by atoms with van der Waals surface area (Å²) in [7, 11) is 0. The zero-order valence-corrected chi connectivity index (χ0v) is 19.8. The molecule has 34 heavy (non-hydrogen) atoms. The van der Waals surface area contributed by atoms with Crippen molar-refractivity contribution in [3.05, 3.63) is 110 Å². The number of anilines is 1. The standard InChI is InChI=1S/C27H23ClN2O4/c1-4-34-24-11-5-19(6-12-24)14-21-15-26(20-7-9-22(28)10-8-20)29(27(21)31)23-13-17(2)18(3)25(16-23)30(32)33/h5-16H,4H2,1-3H3/b21-14+. The van der Waals surface area contributed by atoms with Gasteiger partial charge in [0.05, 0.1) is 22.9 Å². The van der Waals surface area contributed by atoms with E-state index in [-0.39, 0.29) is 11.6 Å². The highest BCUT2D eigenvalue weighted by molar-refractivity contribution is 6.30. The van der Waals surface area contributed by atoms with E-state index in [9.17, 15) is 14.9 Å². The molecule has 7 heteroatoms. The molecule has 0 saturated heterocycles. The van der Waals surface area contributed by atoms with Gasteiger partial charge in [0.25, 0.3) is 11.6 Å². The fraction of sp³-hybridized carbons (Fsp3) is 0.148. The van der Waals surface area contributed by atoms with Crippen molar-refractivity contribution in [1.82, 2.24) is 0 Å². The van der Waals surface area contributed by atoms with Crippen molar-refractivity contribution in [1.29, 1.82) is 0 Å². The number of carbonyl (C=O) groups is 1. The lowest BCUT2D eigenvalue weighted by Gasteiger charge is -2.22. The third kappa shape index (κ3) is 4.58. The Bertz CT molecular complexity index is 1330. The average molecular weight is 475 g/mol. The second kappa shape index (κ2) is 9.53. The van der Waals surface area contributed by atoms with E-state index < -0.39 is 4.92 Å². The number of benzene rings is 3. The van der Waals surface area contributed by atoms with Crippen LogP contribution in [0.1, 0.15) is 29.2 Å². The summed E-state index contributed by atoms with van der Waals surface area (Å²) in [6.07, 6.45) is 3.59. The molecule has 1 amide bonds. The minimum atomic E-state index is -0.422. The van der Waals surface area contributed by atoms with Gasteiger partial charge >= 0.3 is 0 Å². The van der Waals surface area contributed by atoms with Gasteiger partial charge in [-0.3, -0.25) is 19.8 Å². The largest absolute Gasteiger partial charge is 0.494 e. The highest BCUT2D eigenvalue weighted by atomic mass is 35.5. The number of carbonyl (C=O) groups excluding carboxylic acids is 1. The lowest BCUT2D eigenvalue weighted by molar-refractivity contribution is -0.385. The third-order valence-electron chi connectivity index (χ3n) is 5.72. The monoisotopic (exact) mass is 474 g/mol. The van der Waals surface area contributed by atoms with Gasteiger partial charge in [-0.2, -0.15) is 0 Å². The predicted octanol–water partition coefficient (Wildman–Crippen LogP) is 6.74. The molecule has 0 aromatic heterocycles. The van der Waals surface area contributed by atoms with Gasteiger partial charge in [0.1, 0.15) is 5.75 Å². The highest BCUT2D eigenvalue weighted by Gasteiger charge is 2.32. The second-order valence-electron chi connectivity index (χ2n) is 7.94. The molecule has 1 heterocycles. The molecule has 6 nitrogen and oxygen atoms in total. The number of nitro benzene ring substituents is 1. The Morgan fingerprint density at radius 3 is 2.35 bits per heavy atom. The van der Waals surface area contributed by atoms with E-state index in [1.54, 1.807) is 44.2 Å². The number of hydrogen-bond donors (Lipinski definition) is 0. The molecule has 0 bridgehead atoms. The van der Waals surface area contributed by atoms with Gasteiger partial charge in [-0.05, 0) is 79.9 Å². The van der Waals surface area contributed by atoms with Crippen LogP contribution in [-0.4, -0.2) is 17.4 Å². The van der Waals surface area contributed by atoms with Crippen molar-refractivity contribution < 1.29 is 14.5 Å².